The van der Waals surface area contributed by atoms with E-state index in [4.69, 9.17) is 0 Å². The molecular weight excluding hydrogens is 398 g/mol. The Morgan fingerprint density at radius 3 is 2.40 bits per heavy atom. The number of imide groups is 1. The van der Waals surface area contributed by atoms with Crippen molar-refractivity contribution in [3.63, 3.8) is 0 Å². The van der Waals surface area contributed by atoms with Crippen LogP contribution in [0.2, 0.25) is 0 Å². The lowest BCUT2D eigenvalue weighted by molar-refractivity contribution is -0.135. The molecule has 30 heavy (non-hydrogen) atoms. The topological polar surface area (TPSA) is 78.5 Å². The van der Waals surface area contributed by atoms with E-state index in [1.807, 2.05) is 29.6 Å². The number of carbonyl (C=O) groups excluding carboxylic acids is 3. The maximum atomic E-state index is 12.9. The molecule has 1 aliphatic heterocycles. The van der Waals surface area contributed by atoms with Crippen LogP contribution in [0, 0.1) is 0 Å². The van der Waals surface area contributed by atoms with Crippen LogP contribution >= 0.6 is 11.3 Å². The number of amides is 4. The summed E-state index contributed by atoms with van der Waals surface area (Å²) in [5, 5.41) is 7.82. The second-order valence-corrected chi connectivity index (χ2v) is 9.43. The van der Waals surface area contributed by atoms with Gasteiger partial charge in [0.2, 0.25) is 5.91 Å². The number of carbonyl (C=O) groups is 3. The van der Waals surface area contributed by atoms with Crippen molar-refractivity contribution in [1.82, 2.24) is 15.5 Å². The molecule has 2 aromatic rings. The second-order valence-electron chi connectivity index (χ2n) is 8.45. The Morgan fingerprint density at radius 2 is 1.80 bits per heavy atom. The Hall–Kier alpha value is -2.67. The van der Waals surface area contributed by atoms with Gasteiger partial charge in [-0.25, -0.2) is 4.79 Å². The van der Waals surface area contributed by atoms with Crippen LogP contribution in [0.25, 0.3) is 0 Å². The van der Waals surface area contributed by atoms with Crippen LogP contribution in [0.4, 0.5) is 4.79 Å². The molecule has 1 aromatic carbocycles. The fourth-order valence-electron chi connectivity index (χ4n) is 4.34. The first-order valence-corrected chi connectivity index (χ1v) is 11.3. The predicted octanol–water partition coefficient (Wildman–Crippen LogP) is 3.94. The first-order valence-electron chi connectivity index (χ1n) is 10.5. The number of urea groups is 1. The van der Waals surface area contributed by atoms with Crippen LogP contribution in [0.1, 0.15) is 67.5 Å². The number of thiophene rings is 1. The van der Waals surface area contributed by atoms with E-state index in [-0.39, 0.29) is 24.4 Å². The summed E-state index contributed by atoms with van der Waals surface area (Å²) in [6, 6.07) is 11.4. The number of benzene rings is 1. The van der Waals surface area contributed by atoms with Crippen molar-refractivity contribution in [2.75, 3.05) is 6.54 Å². The molecule has 2 N–H and O–H groups in total. The second kappa shape index (κ2) is 8.22. The van der Waals surface area contributed by atoms with Crippen molar-refractivity contribution in [1.29, 1.82) is 0 Å². The van der Waals surface area contributed by atoms with E-state index >= 15 is 0 Å². The first kappa shape index (κ1) is 20.6. The number of nitrogens with one attached hydrogen (secondary N) is 2. The average molecular weight is 426 g/mol. The fourth-order valence-corrected chi connectivity index (χ4v) is 5.14. The molecule has 1 aliphatic carbocycles. The van der Waals surface area contributed by atoms with Gasteiger partial charge >= 0.3 is 6.03 Å². The molecule has 6 nitrogen and oxygen atoms in total. The molecule has 1 saturated carbocycles. The third-order valence-electron chi connectivity index (χ3n) is 6.07. The van der Waals surface area contributed by atoms with Gasteiger partial charge in [-0.15, -0.1) is 11.3 Å². The molecule has 0 radical (unpaired) electrons. The van der Waals surface area contributed by atoms with Crippen molar-refractivity contribution < 1.29 is 14.4 Å². The average Bonchev–Trinajstić information content (AvgIpc) is 3.46. The smallest absolute Gasteiger partial charge is 0.325 e. The molecule has 1 saturated heterocycles. The Kier molecular flexibility index (Phi) is 5.64. The van der Waals surface area contributed by atoms with Gasteiger partial charge in [0, 0.05) is 4.88 Å². The van der Waals surface area contributed by atoms with Crippen molar-refractivity contribution in [2.24, 2.45) is 0 Å². The summed E-state index contributed by atoms with van der Waals surface area (Å²) in [5.41, 5.74) is 1.41. The van der Waals surface area contributed by atoms with Crippen LogP contribution < -0.4 is 10.6 Å². The summed E-state index contributed by atoms with van der Waals surface area (Å²) in [5.74, 6) is -0.189. The molecule has 158 valence electrons. The van der Waals surface area contributed by atoms with Gasteiger partial charge in [-0.05, 0) is 41.3 Å². The molecule has 7 heteroatoms. The van der Waals surface area contributed by atoms with Crippen LogP contribution in [-0.4, -0.2) is 34.8 Å². The summed E-state index contributed by atoms with van der Waals surface area (Å²) >= 11 is 1.56. The van der Waals surface area contributed by atoms with E-state index in [9.17, 15) is 14.4 Å². The quantitative estimate of drug-likeness (QED) is 0.688. The van der Waals surface area contributed by atoms with Crippen molar-refractivity contribution in [3.8, 4) is 0 Å². The number of rotatable bonds is 6. The third kappa shape index (κ3) is 3.86. The van der Waals surface area contributed by atoms with E-state index in [2.05, 4.69) is 36.6 Å². The first-order chi connectivity index (χ1) is 14.4. The zero-order chi connectivity index (χ0) is 21.3. The Bertz CT molecular complexity index is 931. The molecular formula is C23H27N3O3S. The zero-order valence-electron chi connectivity index (χ0n) is 17.3. The van der Waals surface area contributed by atoms with Crippen LogP contribution in [0.5, 0.6) is 0 Å². The monoisotopic (exact) mass is 425 g/mol. The highest BCUT2D eigenvalue weighted by Gasteiger charge is 2.52. The molecule has 2 heterocycles. The maximum absolute atomic E-state index is 12.9. The van der Waals surface area contributed by atoms with Gasteiger partial charge in [0.25, 0.3) is 5.91 Å². The SMILES string of the molecule is CC(C)c1ccc(C(NC(=O)CN2C(=O)NC3(CCCC3)C2=O)c2cccs2)cc1. The van der Waals surface area contributed by atoms with E-state index < -0.39 is 11.6 Å². The van der Waals surface area contributed by atoms with Gasteiger partial charge in [0.15, 0.2) is 0 Å². The van der Waals surface area contributed by atoms with Crippen molar-refractivity contribution in [2.45, 2.75) is 57.0 Å². The van der Waals surface area contributed by atoms with Gasteiger partial charge in [0.05, 0.1) is 6.04 Å². The van der Waals surface area contributed by atoms with Crippen LogP contribution in [0.3, 0.4) is 0 Å². The molecule has 1 unspecified atom stereocenters. The highest BCUT2D eigenvalue weighted by molar-refractivity contribution is 7.10. The Balaban J connectivity index is 1.50. The summed E-state index contributed by atoms with van der Waals surface area (Å²) in [6.45, 7) is 4.02. The Labute approximate surface area is 180 Å². The lowest BCUT2D eigenvalue weighted by Gasteiger charge is -2.22. The molecule has 2 aliphatic rings. The summed E-state index contributed by atoms with van der Waals surface area (Å²) in [7, 11) is 0. The minimum absolute atomic E-state index is 0.266. The van der Waals surface area contributed by atoms with Crippen molar-refractivity contribution >= 4 is 29.2 Å². The van der Waals surface area contributed by atoms with Gasteiger partial charge < -0.3 is 10.6 Å². The number of nitrogens with zero attached hydrogens (tertiary/aromatic N) is 1. The van der Waals surface area contributed by atoms with E-state index in [1.54, 1.807) is 11.3 Å². The predicted molar refractivity (Wildman–Crippen MR) is 116 cm³/mol. The fraction of sp³-hybridized carbons (Fsp3) is 0.435. The van der Waals surface area contributed by atoms with E-state index in [1.165, 1.54) is 5.56 Å². The summed E-state index contributed by atoms with van der Waals surface area (Å²) in [6.07, 6.45) is 3.13. The molecule has 1 atom stereocenters. The van der Waals surface area contributed by atoms with E-state index in [0.29, 0.717) is 18.8 Å². The lowest BCUT2D eigenvalue weighted by atomic mass is 9.98. The van der Waals surface area contributed by atoms with Gasteiger partial charge in [-0.3, -0.25) is 14.5 Å². The third-order valence-corrected chi connectivity index (χ3v) is 7.01. The van der Waals surface area contributed by atoms with Gasteiger partial charge in [0.1, 0.15) is 12.1 Å². The minimum Gasteiger partial charge on any atom is -0.343 e. The highest BCUT2D eigenvalue weighted by Crippen LogP contribution is 2.35. The van der Waals surface area contributed by atoms with Crippen LogP contribution in [-0.2, 0) is 9.59 Å². The zero-order valence-corrected chi connectivity index (χ0v) is 18.1. The summed E-state index contributed by atoms with van der Waals surface area (Å²) < 4.78 is 0. The molecule has 1 spiro atoms. The number of hydrogen-bond donors (Lipinski definition) is 2. The molecule has 4 amide bonds. The van der Waals surface area contributed by atoms with Gasteiger partial charge in [-0.2, -0.15) is 0 Å². The molecule has 2 fully saturated rings. The normalized spacial score (nSPS) is 18.8. The summed E-state index contributed by atoms with van der Waals surface area (Å²) in [4.78, 5) is 40.1. The highest BCUT2D eigenvalue weighted by atomic mass is 32.1. The molecule has 1 aromatic heterocycles. The molecule has 0 bridgehead atoms. The minimum atomic E-state index is -0.794. The van der Waals surface area contributed by atoms with Crippen LogP contribution in [0.15, 0.2) is 41.8 Å². The van der Waals surface area contributed by atoms with Crippen molar-refractivity contribution in [3.05, 3.63) is 57.8 Å². The Morgan fingerprint density at radius 1 is 1.13 bits per heavy atom. The standard InChI is InChI=1S/C23H27N3O3S/c1-15(2)16-7-9-17(10-8-16)20(18-6-5-13-30-18)24-19(27)14-26-21(28)23(25-22(26)29)11-3-4-12-23/h5-10,13,15,20H,3-4,11-12,14H2,1-2H3,(H,24,27)(H,25,29). The number of hydrogen-bond acceptors (Lipinski definition) is 4. The maximum Gasteiger partial charge on any atom is 0.325 e. The lowest BCUT2D eigenvalue weighted by Crippen LogP contribution is -2.45. The van der Waals surface area contributed by atoms with Gasteiger partial charge in [-0.1, -0.05) is 57.0 Å². The van der Waals surface area contributed by atoms with E-state index in [0.717, 1.165) is 28.2 Å². The molecule has 4 rings (SSSR count). The largest absolute Gasteiger partial charge is 0.343 e.